The molecule has 0 saturated heterocycles. The number of carboxylic acid groups (broad SMARTS) is 4. The van der Waals surface area contributed by atoms with Gasteiger partial charge in [0.05, 0.1) is 63.7 Å². The third kappa shape index (κ3) is 34.5. The molecule has 12 N–H and O–H groups in total. The molecular formula is C26H48O16. The lowest BCUT2D eigenvalue weighted by molar-refractivity contribution is -0.133. The summed E-state index contributed by atoms with van der Waals surface area (Å²) in [5, 5.41) is 99.5. The van der Waals surface area contributed by atoms with Crippen LogP contribution in [0.1, 0.15) is 27.7 Å². The van der Waals surface area contributed by atoms with Crippen LogP contribution in [0.5, 0.6) is 0 Å². The van der Waals surface area contributed by atoms with E-state index in [4.69, 9.17) is 61.3 Å². The van der Waals surface area contributed by atoms with E-state index in [9.17, 15) is 19.2 Å². The van der Waals surface area contributed by atoms with Crippen molar-refractivity contribution in [3.63, 3.8) is 0 Å². The van der Waals surface area contributed by atoms with E-state index in [-0.39, 0.29) is 22.3 Å². The zero-order valence-electron chi connectivity index (χ0n) is 24.5. The molecule has 0 rings (SSSR count). The maximum Gasteiger partial charge on any atom is 0.330 e. The molecule has 0 atom stereocenters. The monoisotopic (exact) mass is 616 g/mol. The number of hydrogen-bond donors (Lipinski definition) is 12. The second-order valence-electron chi connectivity index (χ2n) is 8.61. The Morgan fingerprint density at radius 2 is 0.452 bits per heavy atom. The highest BCUT2D eigenvalue weighted by Crippen LogP contribution is 2.12. The molecule has 0 heterocycles. The maximum atomic E-state index is 9.60. The Morgan fingerprint density at radius 3 is 0.452 bits per heavy atom. The summed E-state index contributed by atoms with van der Waals surface area (Å²) in [7, 11) is 0. The van der Waals surface area contributed by atoms with Crippen LogP contribution in [0.4, 0.5) is 0 Å². The largest absolute Gasteiger partial charge is 0.478 e. The average molecular weight is 617 g/mol. The molecule has 0 fully saturated rings. The van der Waals surface area contributed by atoms with Gasteiger partial charge in [0, 0.05) is 22.3 Å². The molecule has 0 aliphatic rings. The number of rotatable bonds is 12. The molecule has 0 saturated carbocycles. The van der Waals surface area contributed by atoms with E-state index in [2.05, 4.69) is 26.3 Å². The van der Waals surface area contributed by atoms with Gasteiger partial charge in [0.15, 0.2) is 0 Å². The molecule has 0 amide bonds. The molecular weight excluding hydrogens is 568 g/mol. The molecule has 16 heteroatoms. The Morgan fingerprint density at radius 1 is 0.381 bits per heavy atom. The Kier molecular flexibility index (Phi) is 37.2. The van der Waals surface area contributed by atoms with Crippen LogP contribution in [-0.4, -0.2) is 138 Å². The first-order valence-electron chi connectivity index (χ1n) is 11.5. The van der Waals surface area contributed by atoms with Crippen molar-refractivity contribution >= 4 is 23.9 Å². The van der Waals surface area contributed by atoms with Gasteiger partial charge in [0.1, 0.15) is 0 Å². The molecule has 42 heavy (non-hydrogen) atoms. The highest BCUT2D eigenvalue weighted by atomic mass is 16.4. The van der Waals surface area contributed by atoms with Crippen LogP contribution in [0, 0.1) is 10.8 Å². The van der Waals surface area contributed by atoms with Gasteiger partial charge in [-0.25, -0.2) is 19.2 Å². The quantitative estimate of drug-likeness (QED) is 0.111. The van der Waals surface area contributed by atoms with Crippen LogP contribution in [0.3, 0.4) is 0 Å². The minimum Gasteiger partial charge on any atom is -0.478 e. The highest BCUT2D eigenvalue weighted by Gasteiger charge is 2.27. The van der Waals surface area contributed by atoms with Crippen LogP contribution in [0.25, 0.3) is 0 Å². The van der Waals surface area contributed by atoms with Gasteiger partial charge < -0.3 is 61.3 Å². The summed E-state index contributed by atoms with van der Waals surface area (Å²) in [6.07, 6.45) is 0. The van der Waals surface area contributed by atoms with Gasteiger partial charge in [0.2, 0.25) is 0 Å². The van der Waals surface area contributed by atoms with Gasteiger partial charge in [-0.1, -0.05) is 26.3 Å². The summed E-state index contributed by atoms with van der Waals surface area (Å²) in [6.45, 7) is 15.2. The minimum absolute atomic E-state index is 0.176. The third-order valence-electron chi connectivity index (χ3n) is 4.14. The Hall–Kier alpha value is -3.48. The maximum absolute atomic E-state index is 9.60. The van der Waals surface area contributed by atoms with Crippen LogP contribution >= 0.6 is 0 Å². The summed E-state index contributed by atoms with van der Waals surface area (Å²) in [5.41, 5.74) is -1.52. The van der Waals surface area contributed by atoms with Crippen molar-refractivity contribution < 1.29 is 80.5 Å². The van der Waals surface area contributed by atoms with Crippen molar-refractivity contribution in [1.82, 2.24) is 0 Å². The van der Waals surface area contributed by atoms with Gasteiger partial charge in [-0.15, -0.1) is 0 Å². The molecule has 0 aliphatic carbocycles. The van der Waals surface area contributed by atoms with E-state index in [1.807, 2.05) is 0 Å². The zero-order valence-corrected chi connectivity index (χ0v) is 24.5. The van der Waals surface area contributed by atoms with Crippen LogP contribution < -0.4 is 0 Å². The molecule has 0 spiro atoms. The van der Waals surface area contributed by atoms with Gasteiger partial charge in [-0.3, -0.25) is 0 Å². The third-order valence-corrected chi connectivity index (χ3v) is 4.14. The minimum atomic E-state index is -1.11. The second kappa shape index (κ2) is 30.5. The molecule has 16 nitrogen and oxygen atoms in total. The lowest BCUT2D eigenvalue weighted by atomic mass is 9.93. The van der Waals surface area contributed by atoms with E-state index in [1.54, 1.807) is 0 Å². The number of carbonyl (C=O) groups is 4. The van der Waals surface area contributed by atoms with E-state index >= 15 is 0 Å². The molecule has 0 aromatic carbocycles. The first-order valence-corrected chi connectivity index (χ1v) is 11.5. The van der Waals surface area contributed by atoms with Crippen LogP contribution in [-0.2, 0) is 19.2 Å². The summed E-state index contributed by atoms with van der Waals surface area (Å²) in [4.78, 5) is 38.4. The first kappa shape index (κ1) is 51.3. The first-order chi connectivity index (χ1) is 19.1. The molecule has 0 aromatic heterocycles. The SMILES string of the molecule is C=C(C)C(=O)O.C=C(C)C(=O)O.C=C(C)C(=O)O.C=C(C)C(=O)O.OCC(CO)(CO)CO.OCC(CO)(CO)CO. The summed E-state index contributed by atoms with van der Waals surface area (Å²) in [6, 6.07) is 0. The topological polar surface area (TPSA) is 311 Å². The van der Waals surface area contributed by atoms with Crippen LogP contribution in [0.2, 0.25) is 0 Å². The molecule has 248 valence electrons. The van der Waals surface area contributed by atoms with E-state index in [0.717, 1.165) is 0 Å². The van der Waals surface area contributed by atoms with Gasteiger partial charge in [-0.2, -0.15) is 0 Å². The fourth-order valence-corrected chi connectivity index (χ4v) is 0.600. The molecule has 0 bridgehead atoms. The number of carboxylic acids is 4. The molecule has 0 aromatic rings. The number of aliphatic hydroxyl groups excluding tert-OH is 8. The van der Waals surface area contributed by atoms with Crippen LogP contribution in [0.15, 0.2) is 48.6 Å². The predicted molar refractivity (Wildman–Crippen MR) is 151 cm³/mol. The lowest BCUT2D eigenvalue weighted by Crippen LogP contribution is -2.37. The smallest absolute Gasteiger partial charge is 0.330 e. The van der Waals surface area contributed by atoms with Crippen molar-refractivity contribution in [2.75, 3.05) is 52.9 Å². The van der Waals surface area contributed by atoms with E-state index < -0.39 is 87.6 Å². The van der Waals surface area contributed by atoms with Gasteiger partial charge >= 0.3 is 23.9 Å². The Labute approximate surface area is 244 Å². The number of hydrogen-bond acceptors (Lipinski definition) is 12. The van der Waals surface area contributed by atoms with Crippen molar-refractivity contribution in [2.24, 2.45) is 10.8 Å². The normalized spacial score (nSPS) is 9.43. The van der Waals surface area contributed by atoms with Crippen molar-refractivity contribution in [2.45, 2.75) is 27.7 Å². The fraction of sp³-hybridized carbons (Fsp3) is 0.538. The number of aliphatic hydroxyl groups is 8. The molecule has 0 unspecified atom stereocenters. The second-order valence-corrected chi connectivity index (χ2v) is 8.61. The Bertz CT molecular complexity index is 625. The van der Waals surface area contributed by atoms with E-state index in [0.29, 0.717) is 0 Å². The highest BCUT2D eigenvalue weighted by molar-refractivity contribution is 5.85. The summed E-state index contributed by atoms with van der Waals surface area (Å²) >= 11 is 0. The fourth-order valence-electron chi connectivity index (χ4n) is 0.600. The average Bonchev–Trinajstić information content (AvgIpc) is 2.93. The lowest BCUT2D eigenvalue weighted by Gasteiger charge is -2.23. The molecule has 0 radical (unpaired) electrons. The predicted octanol–water partition coefficient (Wildman–Crippen LogP) is -1.53. The zero-order chi connectivity index (χ0) is 35.3. The van der Waals surface area contributed by atoms with Gasteiger partial charge in [0.25, 0.3) is 0 Å². The standard InChI is InChI=1S/2C5H12O4.4C4H6O2/c2*6-1-5(2-7,3-8)4-9;4*1-3(2)4(5)6/h2*6-9H,1-4H2;4*1H2,2H3,(H,5,6). The van der Waals surface area contributed by atoms with Crippen molar-refractivity contribution in [3.05, 3.63) is 48.6 Å². The molecule has 0 aliphatic heterocycles. The summed E-state index contributed by atoms with van der Waals surface area (Å²) in [5.74, 6) is -3.74. The Balaban J connectivity index is -0.0000000936. The van der Waals surface area contributed by atoms with E-state index in [1.165, 1.54) is 27.7 Å². The van der Waals surface area contributed by atoms with Gasteiger partial charge in [-0.05, 0) is 27.7 Å². The van der Waals surface area contributed by atoms with Crippen molar-refractivity contribution in [1.29, 1.82) is 0 Å². The van der Waals surface area contributed by atoms with Crippen molar-refractivity contribution in [3.8, 4) is 0 Å². The summed E-state index contributed by atoms with van der Waals surface area (Å²) < 4.78 is 0. The number of aliphatic carboxylic acids is 4.